The quantitative estimate of drug-likeness (QED) is 0.271. The van der Waals surface area contributed by atoms with Crippen LogP contribution in [-0.4, -0.2) is 91.2 Å². The monoisotopic (exact) mass is 577 g/mol. The molecule has 0 radical (unpaired) electrons. The van der Waals surface area contributed by atoms with Crippen molar-refractivity contribution in [3.63, 3.8) is 0 Å². The summed E-state index contributed by atoms with van der Waals surface area (Å²) in [7, 11) is 0. The zero-order valence-corrected chi connectivity index (χ0v) is 17.6. The van der Waals surface area contributed by atoms with Gasteiger partial charge in [-0.05, 0) is 13.8 Å². The van der Waals surface area contributed by atoms with Crippen molar-refractivity contribution < 1.29 is 84.1 Å². The first-order chi connectivity index (χ1) is 15.7. The van der Waals surface area contributed by atoms with Crippen LogP contribution in [0.25, 0.3) is 0 Å². The van der Waals surface area contributed by atoms with Crippen molar-refractivity contribution in [2.75, 3.05) is 13.1 Å². The molecule has 1 heterocycles. The molecule has 0 amide bonds. The van der Waals surface area contributed by atoms with Crippen LogP contribution >= 0.6 is 0 Å². The fourth-order valence-electron chi connectivity index (χ4n) is 3.08. The normalized spacial score (nSPS) is 26.8. The van der Waals surface area contributed by atoms with Crippen molar-refractivity contribution >= 4 is 0 Å². The molecule has 20 heteroatoms. The lowest BCUT2D eigenvalue weighted by molar-refractivity contribution is -0.342. The zero-order chi connectivity index (χ0) is 28.9. The maximum absolute atomic E-state index is 15.1. The fourth-order valence-corrected chi connectivity index (χ4v) is 3.08. The number of morpholine rings is 1. The topological polar surface area (TPSA) is 21.7 Å². The number of nitrogens with zero attached hydrogens (tertiary/aromatic N) is 1. The van der Waals surface area contributed by atoms with E-state index in [-0.39, 0.29) is 13.8 Å². The van der Waals surface area contributed by atoms with E-state index < -0.39 is 91.2 Å². The summed E-state index contributed by atoms with van der Waals surface area (Å²) in [4.78, 5) is -0.913. The molecule has 36 heavy (non-hydrogen) atoms. The van der Waals surface area contributed by atoms with Gasteiger partial charge in [-0.1, -0.05) is 0 Å². The summed E-state index contributed by atoms with van der Waals surface area (Å²) in [6, 6.07) is 0. The Hall–Kier alpha value is -1.31. The van der Waals surface area contributed by atoms with Gasteiger partial charge in [0.05, 0.1) is 0 Å². The van der Waals surface area contributed by atoms with E-state index in [2.05, 4.69) is 9.47 Å². The molecule has 216 valence electrons. The third-order valence-electron chi connectivity index (χ3n) is 5.13. The lowest BCUT2D eigenvalue weighted by Gasteiger charge is -2.45. The van der Waals surface area contributed by atoms with E-state index in [4.69, 9.17) is 0 Å². The molecule has 0 N–H and O–H groups in total. The van der Waals surface area contributed by atoms with Crippen LogP contribution < -0.4 is 0 Å². The molecule has 0 aromatic heterocycles. The largest absolute Gasteiger partial charge is 0.429 e. The summed E-state index contributed by atoms with van der Waals surface area (Å²) in [5, 5.41) is 0. The highest BCUT2D eigenvalue weighted by Gasteiger charge is 2.70. The second-order valence-electron chi connectivity index (χ2n) is 7.75. The molecule has 1 aliphatic rings. The van der Waals surface area contributed by atoms with Gasteiger partial charge < -0.3 is 9.47 Å². The van der Waals surface area contributed by atoms with Crippen molar-refractivity contribution in [2.45, 2.75) is 87.0 Å². The summed E-state index contributed by atoms with van der Waals surface area (Å²) in [5.41, 5.74) is -5.69. The molecule has 0 bridgehead atoms. The van der Waals surface area contributed by atoms with E-state index in [0.717, 1.165) is 0 Å². The predicted molar refractivity (Wildman–Crippen MR) is 83.0 cm³/mol. The number of alkyl halides is 17. The SMILES string of the molecule is CC(OC(C)C(F)(C(F)N1CC(C(F)(F)F)OC(C(F)(F)F)C1)C(F)(F)F)C(F)(F)C(F)C(F)(F)F. The molecular weight excluding hydrogens is 561 g/mol. The summed E-state index contributed by atoms with van der Waals surface area (Å²) < 4.78 is 233. The van der Waals surface area contributed by atoms with Crippen molar-refractivity contribution in [3.8, 4) is 0 Å². The van der Waals surface area contributed by atoms with Gasteiger partial charge in [-0.15, -0.1) is 0 Å². The highest BCUT2D eigenvalue weighted by atomic mass is 19.4. The Morgan fingerprint density at radius 1 is 0.694 bits per heavy atom. The number of hydrogen-bond donors (Lipinski definition) is 0. The second-order valence-corrected chi connectivity index (χ2v) is 7.75. The van der Waals surface area contributed by atoms with E-state index in [1.807, 2.05) is 0 Å². The molecule has 0 aromatic carbocycles. The maximum atomic E-state index is 15.1. The summed E-state index contributed by atoms with van der Waals surface area (Å²) in [6.45, 7) is -4.58. The minimum absolute atomic E-state index is 0.146. The zero-order valence-electron chi connectivity index (χ0n) is 17.6. The first kappa shape index (κ1) is 32.7. The molecule has 1 aliphatic heterocycles. The Kier molecular flexibility index (Phi) is 9.18. The van der Waals surface area contributed by atoms with Gasteiger partial charge in [0, 0.05) is 13.1 Å². The second kappa shape index (κ2) is 10.1. The smallest absolute Gasteiger partial charge is 0.365 e. The number of rotatable bonds is 7. The van der Waals surface area contributed by atoms with E-state index in [1.165, 1.54) is 0 Å². The van der Waals surface area contributed by atoms with Gasteiger partial charge >= 0.3 is 30.6 Å². The highest BCUT2D eigenvalue weighted by Crippen LogP contribution is 2.47. The Morgan fingerprint density at radius 2 is 1.08 bits per heavy atom. The van der Waals surface area contributed by atoms with E-state index >= 15 is 4.39 Å². The molecule has 1 rings (SSSR count). The Balaban J connectivity index is 3.37. The lowest BCUT2D eigenvalue weighted by Crippen LogP contribution is -2.68. The van der Waals surface area contributed by atoms with Crippen molar-refractivity contribution in [1.82, 2.24) is 4.90 Å². The van der Waals surface area contributed by atoms with Crippen LogP contribution in [-0.2, 0) is 9.47 Å². The average molecular weight is 577 g/mol. The van der Waals surface area contributed by atoms with Crippen LogP contribution in [0.5, 0.6) is 0 Å². The average Bonchev–Trinajstić information content (AvgIpc) is 2.68. The summed E-state index contributed by atoms with van der Waals surface area (Å²) in [5.74, 6) is -5.67. The van der Waals surface area contributed by atoms with Gasteiger partial charge in [-0.25, -0.2) is 22.0 Å². The number of ether oxygens (including phenoxy) is 2. The predicted octanol–water partition coefficient (Wildman–Crippen LogP) is 6.08. The Labute approximate surface area is 190 Å². The minimum Gasteiger partial charge on any atom is -0.365 e. The highest BCUT2D eigenvalue weighted by molar-refractivity contribution is 5.02. The van der Waals surface area contributed by atoms with Gasteiger partial charge in [0.1, 0.15) is 12.2 Å². The molecule has 7 unspecified atom stereocenters. The Bertz CT molecular complexity index is 710. The molecule has 1 saturated heterocycles. The van der Waals surface area contributed by atoms with Crippen LogP contribution in [0.4, 0.5) is 74.6 Å². The molecule has 7 atom stereocenters. The van der Waals surface area contributed by atoms with Crippen molar-refractivity contribution in [2.24, 2.45) is 0 Å². The fraction of sp³-hybridized carbons (Fsp3) is 1.00. The lowest BCUT2D eigenvalue weighted by atomic mass is 9.95. The van der Waals surface area contributed by atoms with E-state index in [9.17, 15) is 70.2 Å². The molecule has 0 spiro atoms. The van der Waals surface area contributed by atoms with Gasteiger partial charge in [-0.2, -0.15) is 52.7 Å². The third-order valence-corrected chi connectivity index (χ3v) is 5.13. The number of halogens is 17. The molecular formula is C16H16F17NO2. The standard InChI is InChI=1S/C16H16F17NO2/c1-5(35-6(2)12(20,21)9(17)15(28,29)30)11(19,16(31,32)33)10(18)34-3-7(13(22,23)24)36-8(4-34)14(25,26)27/h5-10H,3-4H2,1-2H3. The molecule has 0 aromatic rings. The molecule has 3 nitrogen and oxygen atoms in total. The molecule has 0 aliphatic carbocycles. The van der Waals surface area contributed by atoms with Crippen LogP contribution in [0.15, 0.2) is 0 Å². The minimum atomic E-state index is -6.60. The van der Waals surface area contributed by atoms with E-state index in [0.29, 0.717) is 0 Å². The van der Waals surface area contributed by atoms with Gasteiger partial charge in [-0.3, -0.25) is 4.90 Å². The van der Waals surface area contributed by atoms with Crippen LogP contribution in [0.1, 0.15) is 13.8 Å². The first-order valence-corrected chi connectivity index (χ1v) is 9.35. The molecule has 0 saturated carbocycles. The van der Waals surface area contributed by atoms with Gasteiger partial charge in [0.15, 0.2) is 18.5 Å². The van der Waals surface area contributed by atoms with Gasteiger partial charge in [0.25, 0.3) is 11.8 Å². The number of hydrogen-bond acceptors (Lipinski definition) is 3. The van der Waals surface area contributed by atoms with Crippen LogP contribution in [0.3, 0.4) is 0 Å². The summed E-state index contributed by atoms with van der Waals surface area (Å²) in [6.07, 6.45) is -48.2. The first-order valence-electron chi connectivity index (χ1n) is 9.35. The Morgan fingerprint density at radius 3 is 1.39 bits per heavy atom. The molecule has 1 fully saturated rings. The van der Waals surface area contributed by atoms with Gasteiger partial charge in [0.2, 0.25) is 0 Å². The van der Waals surface area contributed by atoms with Crippen molar-refractivity contribution in [3.05, 3.63) is 0 Å². The van der Waals surface area contributed by atoms with Crippen LogP contribution in [0, 0.1) is 0 Å². The van der Waals surface area contributed by atoms with Crippen molar-refractivity contribution in [1.29, 1.82) is 0 Å². The maximum Gasteiger partial charge on any atom is 0.429 e. The van der Waals surface area contributed by atoms with E-state index in [1.54, 1.807) is 0 Å². The summed E-state index contributed by atoms with van der Waals surface area (Å²) >= 11 is 0. The van der Waals surface area contributed by atoms with Crippen LogP contribution in [0.2, 0.25) is 0 Å². The third kappa shape index (κ3) is 6.76.